The van der Waals surface area contributed by atoms with E-state index in [0.29, 0.717) is 29.2 Å². The molecule has 5 nitrogen and oxygen atoms in total. The first kappa shape index (κ1) is 18.5. The van der Waals surface area contributed by atoms with Crippen LogP contribution in [0.2, 0.25) is 0 Å². The SMILES string of the molecule is CCOc1cc2c(cc1/C=C(\C#N)C(=O)c1cccc(OC)c1)O[C@@H](C)C2. The third-order valence-corrected chi connectivity index (χ3v) is 4.33. The minimum absolute atomic E-state index is 0.0233. The summed E-state index contributed by atoms with van der Waals surface area (Å²) in [6.45, 7) is 4.39. The number of ether oxygens (including phenoxy) is 3. The zero-order chi connectivity index (χ0) is 19.4. The number of hydrogen-bond donors (Lipinski definition) is 0. The Kier molecular flexibility index (Phi) is 5.46. The van der Waals surface area contributed by atoms with Gasteiger partial charge >= 0.3 is 0 Å². The van der Waals surface area contributed by atoms with Crippen LogP contribution in [0.3, 0.4) is 0 Å². The zero-order valence-corrected chi connectivity index (χ0v) is 15.6. The third-order valence-electron chi connectivity index (χ3n) is 4.33. The lowest BCUT2D eigenvalue weighted by molar-refractivity contribution is 0.103. The number of carbonyl (C=O) groups excluding carboxylic acids is 1. The average Bonchev–Trinajstić information content (AvgIpc) is 3.04. The maximum Gasteiger partial charge on any atom is 0.203 e. The molecule has 0 spiro atoms. The molecule has 0 amide bonds. The van der Waals surface area contributed by atoms with Crippen LogP contribution in [-0.4, -0.2) is 25.6 Å². The molecule has 0 saturated heterocycles. The van der Waals surface area contributed by atoms with Gasteiger partial charge in [-0.05, 0) is 44.2 Å². The van der Waals surface area contributed by atoms with E-state index in [2.05, 4.69) is 0 Å². The molecule has 5 heteroatoms. The average molecular weight is 363 g/mol. The van der Waals surface area contributed by atoms with Crippen molar-refractivity contribution in [2.45, 2.75) is 26.4 Å². The number of allylic oxidation sites excluding steroid dienone is 1. The molecule has 0 bridgehead atoms. The van der Waals surface area contributed by atoms with Gasteiger partial charge in [-0.15, -0.1) is 0 Å². The lowest BCUT2D eigenvalue weighted by Crippen LogP contribution is -2.05. The maximum absolute atomic E-state index is 12.8. The molecular formula is C22H21NO4. The maximum atomic E-state index is 12.8. The number of benzene rings is 2. The Labute approximate surface area is 158 Å². The van der Waals surface area contributed by atoms with Gasteiger partial charge in [-0.2, -0.15) is 5.26 Å². The Balaban J connectivity index is 2.01. The van der Waals surface area contributed by atoms with E-state index in [1.165, 1.54) is 7.11 Å². The number of rotatable bonds is 6. The van der Waals surface area contributed by atoms with Gasteiger partial charge in [-0.25, -0.2) is 0 Å². The second-order valence-corrected chi connectivity index (χ2v) is 6.29. The number of carbonyl (C=O) groups is 1. The summed E-state index contributed by atoms with van der Waals surface area (Å²) in [5.41, 5.74) is 2.14. The van der Waals surface area contributed by atoms with E-state index in [1.807, 2.05) is 32.0 Å². The predicted molar refractivity (Wildman–Crippen MR) is 102 cm³/mol. The molecule has 2 aromatic carbocycles. The second kappa shape index (κ2) is 7.96. The molecule has 1 aliphatic rings. The van der Waals surface area contributed by atoms with Crippen molar-refractivity contribution in [3.63, 3.8) is 0 Å². The number of nitriles is 1. The second-order valence-electron chi connectivity index (χ2n) is 6.29. The van der Waals surface area contributed by atoms with Gasteiger partial charge in [0.05, 0.1) is 13.7 Å². The smallest absolute Gasteiger partial charge is 0.203 e. The van der Waals surface area contributed by atoms with Crippen LogP contribution in [0.15, 0.2) is 42.0 Å². The Morgan fingerprint density at radius 2 is 2.19 bits per heavy atom. The number of hydrogen-bond acceptors (Lipinski definition) is 5. The van der Waals surface area contributed by atoms with Crippen molar-refractivity contribution in [1.29, 1.82) is 5.26 Å². The van der Waals surface area contributed by atoms with Crippen molar-refractivity contribution in [1.82, 2.24) is 0 Å². The Hall–Kier alpha value is -3.26. The standard InChI is InChI=1S/C22H21NO4/c1-4-26-20-11-16-8-14(2)27-21(16)12-17(20)9-18(13-23)22(24)15-6-5-7-19(10-15)25-3/h5-7,9-12,14H,4,8H2,1-3H3/b18-9+/t14-/m0/s1. The highest BCUT2D eigenvalue weighted by atomic mass is 16.5. The molecule has 0 saturated carbocycles. The van der Waals surface area contributed by atoms with Crippen molar-refractivity contribution < 1.29 is 19.0 Å². The van der Waals surface area contributed by atoms with Crippen molar-refractivity contribution in [3.8, 4) is 23.3 Å². The lowest BCUT2D eigenvalue weighted by atomic mass is 10.00. The van der Waals surface area contributed by atoms with Crippen LogP contribution in [-0.2, 0) is 6.42 Å². The van der Waals surface area contributed by atoms with E-state index in [4.69, 9.17) is 14.2 Å². The van der Waals surface area contributed by atoms with Crippen LogP contribution in [0.4, 0.5) is 0 Å². The van der Waals surface area contributed by atoms with Gasteiger partial charge in [0, 0.05) is 23.1 Å². The monoisotopic (exact) mass is 363 g/mol. The molecule has 1 atom stereocenters. The highest BCUT2D eigenvalue weighted by Crippen LogP contribution is 2.36. The minimum atomic E-state index is -0.367. The van der Waals surface area contributed by atoms with Gasteiger partial charge in [0.15, 0.2) is 0 Å². The highest BCUT2D eigenvalue weighted by molar-refractivity contribution is 6.14. The summed E-state index contributed by atoms with van der Waals surface area (Å²) in [7, 11) is 1.53. The van der Waals surface area contributed by atoms with Crippen LogP contribution >= 0.6 is 0 Å². The molecule has 0 unspecified atom stereocenters. The fraction of sp³-hybridized carbons (Fsp3) is 0.273. The third kappa shape index (κ3) is 3.95. The van der Waals surface area contributed by atoms with E-state index >= 15 is 0 Å². The molecule has 27 heavy (non-hydrogen) atoms. The molecule has 0 radical (unpaired) electrons. The van der Waals surface area contributed by atoms with Gasteiger partial charge < -0.3 is 14.2 Å². The summed E-state index contributed by atoms with van der Waals surface area (Å²) < 4.78 is 16.7. The summed E-state index contributed by atoms with van der Waals surface area (Å²) in [6, 6.07) is 12.5. The summed E-state index contributed by atoms with van der Waals surface area (Å²) in [4.78, 5) is 12.8. The molecule has 1 aliphatic heterocycles. The summed E-state index contributed by atoms with van der Waals surface area (Å²) >= 11 is 0. The van der Waals surface area contributed by atoms with E-state index < -0.39 is 0 Å². The van der Waals surface area contributed by atoms with Crippen molar-refractivity contribution >= 4 is 11.9 Å². The normalized spacial score (nSPS) is 15.5. The van der Waals surface area contributed by atoms with Gasteiger partial charge in [-0.1, -0.05) is 12.1 Å². The van der Waals surface area contributed by atoms with Crippen LogP contribution in [0.5, 0.6) is 17.2 Å². The van der Waals surface area contributed by atoms with E-state index in [-0.39, 0.29) is 17.5 Å². The molecule has 0 aliphatic carbocycles. The topological polar surface area (TPSA) is 68.5 Å². The molecule has 2 aromatic rings. The Morgan fingerprint density at radius 3 is 2.89 bits per heavy atom. The highest BCUT2D eigenvalue weighted by Gasteiger charge is 2.22. The molecule has 1 heterocycles. The summed E-state index contributed by atoms with van der Waals surface area (Å²) in [6.07, 6.45) is 2.47. The molecule has 0 aromatic heterocycles. The largest absolute Gasteiger partial charge is 0.497 e. The first-order chi connectivity index (χ1) is 13.0. The molecule has 138 valence electrons. The Bertz CT molecular complexity index is 940. The van der Waals surface area contributed by atoms with E-state index in [9.17, 15) is 10.1 Å². The van der Waals surface area contributed by atoms with Crippen LogP contribution in [0, 0.1) is 11.3 Å². The van der Waals surface area contributed by atoms with Crippen molar-refractivity contribution in [2.24, 2.45) is 0 Å². The quantitative estimate of drug-likeness (QED) is 0.437. The zero-order valence-electron chi connectivity index (χ0n) is 15.6. The van der Waals surface area contributed by atoms with Gasteiger partial charge in [0.25, 0.3) is 0 Å². The molecule has 0 fully saturated rings. The number of ketones is 1. The van der Waals surface area contributed by atoms with E-state index in [0.717, 1.165) is 17.7 Å². The number of fused-ring (bicyclic) bond motifs is 1. The number of nitrogens with zero attached hydrogens (tertiary/aromatic N) is 1. The van der Waals surface area contributed by atoms with Gasteiger partial charge in [-0.3, -0.25) is 4.79 Å². The number of methoxy groups -OCH3 is 1. The number of Topliss-reactive ketones (excluding diaryl/α,β-unsaturated/α-hetero) is 1. The van der Waals surface area contributed by atoms with Crippen LogP contribution < -0.4 is 14.2 Å². The predicted octanol–water partition coefficient (Wildman–Crippen LogP) is 4.21. The van der Waals surface area contributed by atoms with Crippen molar-refractivity contribution in [3.05, 3.63) is 58.7 Å². The molecular weight excluding hydrogens is 342 g/mol. The van der Waals surface area contributed by atoms with E-state index in [1.54, 1.807) is 30.3 Å². The summed E-state index contributed by atoms with van der Waals surface area (Å²) in [5.74, 6) is 1.60. The summed E-state index contributed by atoms with van der Waals surface area (Å²) in [5, 5.41) is 9.56. The molecule has 0 N–H and O–H groups in total. The van der Waals surface area contributed by atoms with Gasteiger partial charge in [0.1, 0.15) is 35.0 Å². The first-order valence-corrected chi connectivity index (χ1v) is 8.82. The first-order valence-electron chi connectivity index (χ1n) is 8.82. The van der Waals surface area contributed by atoms with Crippen LogP contribution in [0.25, 0.3) is 6.08 Å². The Morgan fingerprint density at radius 1 is 1.37 bits per heavy atom. The van der Waals surface area contributed by atoms with Gasteiger partial charge in [0.2, 0.25) is 5.78 Å². The fourth-order valence-electron chi connectivity index (χ4n) is 3.07. The fourth-order valence-corrected chi connectivity index (χ4v) is 3.07. The minimum Gasteiger partial charge on any atom is -0.497 e. The lowest BCUT2D eigenvalue weighted by Gasteiger charge is -2.10. The van der Waals surface area contributed by atoms with Crippen molar-refractivity contribution in [2.75, 3.05) is 13.7 Å². The van der Waals surface area contributed by atoms with Crippen LogP contribution in [0.1, 0.15) is 35.3 Å². The molecule has 3 rings (SSSR count).